The van der Waals surface area contributed by atoms with E-state index < -0.39 is 0 Å². The summed E-state index contributed by atoms with van der Waals surface area (Å²) < 4.78 is 5.78. The Kier molecular flexibility index (Phi) is 4.93. The topological polar surface area (TPSA) is 67.3 Å². The molecule has 3 rings (SSSR count). The molecular formula is C18H22N4O2. The maximum Gasteiger partial charge on any atom is 0.272 e. The van der Waals surface area contributed by atoms with E-state index in [0.717, 1.165) is 37.4 Å². The first-order valence-corrected chi connectivity index (χ1v) is 8.28. The molecule has 0 aliphatic carbocycles. The van der Waals surface area contributed by atoms with Gasteiger partial charge in [0, 0.05) is 19.3 Å². The number of aromatic nitrogens is 2. The van der Waals surface area contributed by atoms with Crippen molar-refractivity contribution < 1.29 is 9.53 Å². The molecule has 1 aromatic heterocycles. The van der Waals surface area contributed by atoms with Crippen LogP contribution >= 0.6 is 0 Å². The molecule has 1 saturated heterocycles. The second-order valence-electron chi connectivity index (χ2n) is 6.05. The number of nitrogens with one attached hydrogen (secondary N) is 1. The summed E-state index contributed by atoms with van der Waals surface area (Å²) in [4.78, 5) is 22.9. The van der Waals surface area contributed by atoms with Gasteiger partial charge in [-0.3, -0.25) is 4.79 Å². The van der Waals surface area contributed by atoms with Gasteiger partial charge in [-0.25, -0.2) is 9.97 Å². The van der Waals surface area contributed by atoms with Gasteiger partial charge in [0.25, 0.3) is 5.91 Å². The van der Waals surface area contributed by atoms with Gasteiger partial charge in [0.2, 0.25) is 5.95 Å². The van der Waals surface area contributed by atoms with Crippen LogP contribution in [-0.4, -0.2) is 40.0 Å². The molecule has 1 aromatic carbocycles. The van der Waals surface area contributed by atoms with E-state index in [9.17, 15) is 4.79 Å². The average Bonchev–Trinajstić information content (AvgIpc) is 3.10. The van der Waals surface area contributed by atoms with E-state index in [1.54, 1.807) is 12.3 Å². The normalized spacial score (nSPS) is 14.0. The zero-order valence-electron chi connectivity index (χ0n) is 14.0. The molecule has 1 aliphatic heterocycles. The highest BCUT2D eigenvalue weighted by molar-refractivity contribution is 5.92. The van der Waals surface area contributed by atoms with Crippen LogP contribution in [0.5, 0.6) is 5.75 Å². The molecule has 126 valence electrons. The molecular weight excluding hydrogens is 304 g/mol. The van der Waals surface area contributed by atoms with E-state index in [2.05, 4.69) is 15.3 Å². The highest BCUT2D eigenvalue weighted by Gasteiger charge is 2.21. The Hall–Kier alpha value is -2.63. The van der Waals surface area contributed by atoms with Crippen molar-refractivity contribution in [3.63, 3.8) is 0 Å². The van der Waals surface area contributed by atoms with Crippen LogP contribution in [0.4, 0.5) is 11.6 Å². The monoisotopic (exact) mass is 326 g/mol. The number of benzene rings is 1. The average molecular weight is 326 g/mol. The number of hydrogen-bond acceptors (Lipinski definition) is 5. The predicted molar refractivity (Wildman–Crippen MR) is 92.7 cm³/mol. The number of nitrogens with zero attached hydrogens (tertiary/aromatic N) is 3. The fraction of sp³-hybridized carbons (Fsp3) is 0.389. The van der Waals surface area contributed by atoms with E-state index >= 15 is 0 Å². The summed E-state index contributed by atoms with van der Waals surface area (Å²) in [5, 5.41) is 3.15. The standard InChI is InChI=1S/C18H22N4O2/c1-13(2)24-16-8-4-3-7-14(16)20-18-19-10-9-15(21-18)17(23)22-11-5-6-12-22/h3-4,7-10,13H,5-6,11-12H2,1-2H3,(H,19,20,21). The number of para-hydroxylation sites is 2. The number of hydrogen-bond donors (Lipinski definition) is 1. The fourth-order valence-electron chi connectivity index (χ4n) is 2.67. The minimum atomic E-state index is -0.0373. The van der Waals surface area contributed by atoms with Gasteiger partial charge < -0.3 is 15.0 Å². The number of ether oxygens (including phenoxy) is 1. The van der Waals surface area contributed by atoms with Crippen LogP contribution in [0.25, 0.3) is 0 Å². The molecule has 1 amide bonds. The quantitative estimate of drug-likeness (QED) is 0.913. The molecule has 1 fully saturated rings. The second kappa shape index (κ2) is 7.29. The molecule has 2 heterocycles. The summed E-state index contributed by atoms with van der Waals surface area (Å²) in [6.07, 6.45) is 3.78. The van der Waals surface area contributed by atoms with E-state index in [1.807, 2.05) is 43.0 Å². The second-order valence-corrected chi connectivity index (χ2v) is 6.05. The number of amides is 1. The third kappa shape index (κ3) is 3.82. The van der Waals surface area contributed by atoms with Crippen LogP contribution in [0.1, 0.15) is 37.2 Å². The van der Waals surface area contributed by atoms with Crippen LogP contribution in [0.3, 0.4) is 0 Å². The van der Waals surface area contributed by atoms with E-state index in [0.29, 0.717) is 11.6 Å². The molecule has 2 aromatic rings. The van der Waals surface area contributed by atoms with Crippen molar-refractivity contribution in [1.29, 1.82) is 0 Å². The van der Waals surface area contributed by atoms with Crippen LogP contribution in [0.2, 0.25) is 0 Å². The molecule has 0 spiro atoms. The zero-order valence-corrected chi connectivity index (χ0v) is 14.0. The summed E-state index contributed by atoms with van der Waals surface area (Å²) in [5.41, 5.74) is 1.19. The number of rotatable bonds is 5. The van der Waals surface area contributed by atoms with Crippen molar-refractivity contribution >= 4 is 17.5 Å². The third-order valence-electron chi connectivity index (χ3n) is 3.76. The molecule has 0 saturated carbocycles. The molecule has 6 heteroatoms. The number of likely N-dealkylation sites (tertiary alicyclic amines) is 1. The summed E-state index contributed by atoms with van der Waals surface area (Å²) in [6.45, 7) is 5.55. The van der Waals surface area contributed by atoms with Crippen molar-refractivity contribution in [2.24, 2.45) is 0 Å². The number of anilines is 2. The SMILES string of the molecule is CC(C)Oc1ccccc1Nc1nccc(C(=O)N2CCCC2)n1. The molecule has 24 heavy (non-hydrogen) atoms. The van der Waals surface area contributed by atoms with E-state index in [-0.39, 0.29) is 12.0 Å². The molecule has 6 nitrogen and oxygen atoms in total. The first-order valence-electron chi connectivity index (χ1n) is 8.28. The Morgan fingerprint density at radius 2 is 1.96 bits per heavy atom. The summed E-state index contributed by atoms with van der Waals surface area (Å²) in [6, 6.07) is 9.27. The van der Waals surface area contributed by atoms with Gasteiger partial charge in [-0.15, -0.1) is 0 Å². The lowest BCUT2D eigenvalue weighted by atomic mass is 10.3. The molecule has 0 radical (unpaired) electrons. The van der Waals surface area contributed by atoms with E-state index in [1.165, 1.54) is 0 Å². The van der Waals surface area contributed by atoms with Crippen molar-refractivity contribution in [2.75, 3.05) is 18.4 Å². The first kappa shape index (κ1) is 16.2. The van der Waals surface area contributed by atoms with Crippen molar-refractivity contribution in [1.82, 2.24) is 14.9 Å². The largest absolute Gasteiger partial charge is 0.489 e. The van der Waals surface area contributed by atoms with Gasteiger partial charge in [0.15, 0.2) is 0 Å². The van der Waals surface area contributed by atoms with Crippen LogP contribution in [-0.2, 0) is 0 Å². The van der Waals surface area contributed by atoms with Gasteiger partial charge in [-0.1, -0.05) is 12.1 Å². The summed E-state index contributed by atoms with van der Waals surface area (Å²) in [7, 11) is 0. The van der Waals surface area contributed by atoms with Crippen LogP contribution in [0, 0.1) is 0 Å². The molecule has 0 unspecified atom stereocenters. The Labute approximate surface area is 141 Å². The van der Waals surface area contributed by atoms with Gasteiger partial charge in [0.05, 0.1) is 11.8 Å². The summed E-state index contributed by atoms with van der Waals surface area (Å²) >= 11 is 0. The van der Waals surface area contributed by atoms with Gasteiger partial charge >= 0.3 is 0 Å². The van der Waals surface area contributed by atoms with Crippen molar-refractivity contribution in [3.05, 3.63) is 42.2 Å². The third-order valence-corrected chi connectivity index (χ3v) is 3.76. The highest BCUT2D eigenvalue weighted by Crippen LogP contribution is 2.27. The Balaban J connectivity index is 1.79. The van der Waals surface area contributed by atoms with Crippen molar-refractivity contribution in [3.8, 4) is 5.75 Å². The molecule has 1 N–H and O–H groups in total. The van der Waals surface area contributed by atoms with E-state index in [4.69, 9.17) is 4.74 Å². The maximum absolute atomic E-state index is 12.4. The first-order chi connectivity index (χ1) is 11.6. The highest BCUT2D eigenvalue weighted by atomic mass is 16.5. The Morgan fingerprint density at radius 1 is 1.21 bits per heavy atom. The number of carbonyl (C=O) groups excluding carboxylic acids is 1. The van der Waals surface area contributed by atoms with Crippen molar-refractivity contribution in [2.45, 2.75) is 32.8 Å². The van der Waals surface area contributed by atoms with Gasteiger partial charge in [-0.2, -0.15) is 0 Å². The lowest BCUT2D eigenvalue weighted by molar-refractivity contribution is 0.0787. The number of carbonyl (C=O) groups is 1. The Morgan fingerprint density at radius 3 is 2.71 bits per heavy atom. The smallest absolute Gasteiger partial charge is 0.272 e. The van der Waals surface area contributed by atoms with Crippen LogP contribution in [0.15, 0.2) is 36.5 Å². The molecule has 0 atom stereocenters. The summed E-state index contributed by atoms with van der Waals surface area (Å²) in [5.74, 6) is 1.08. The van der Waals surface area contributed by atoms with Gasteiger partial charge in [0.1, 0.15) is 11.4 Å². The van der Waals surface area contributed by atoms with Crippen LogP contribution < -0.4 is 10.1 Å². The molecule has 1 aliphatic rings. The lowest BCUT2D eigenvalue weighted by Crippen LogP contribution is -2.28. The van der Waals surface area contributed by atoms with Gasteiger partial charge in [-0.05, 0) is 44.9 Å². The molecule has 0 bridgehead atoms. The maximum atomic E-state index is 12.4. The predicted octanol–water partition coefficient (Wildman–Crippen LogP) is 3.24. The minimum Gasteiger partial charge on any atom is -0.489 e. The zero-order chi connectivity index (χ0) is 16.9. The Bertz CT molecular complexity index is 712. The minimum absolute atomic E-state index is 0.0373. The fourth-order valence-corrected chi connectivity index (χ4v) is 2.67. The lowest BCUT2D eigenvalue weighted by Gasteiger charge is -2.16.